The zero-order chi connectivity index (χ0) is 28.8. The number of benzene rings is 2. The van der Waals surface area contributed by atoms with Gasteiger partial charge in [0.15, 0.2) is 5.78 Å². The largest absolute Gasteiger partial charge is 0.455 e. The molecule has 2 aromatic carbocycles. The molecule has 1 saturated carbocycles. The molecule has 0 bridgehead atoms. The van der Waals surface area contributed by atoms with E-state index in [4.69, 9.17) is 4.74 Å². The van der Waals surface area contributed by atoms with Crippen molar-refractivity contribution in [3.8, 4) is 11.5 Å². The molecule has 2 saturated heterocycles. The number of Topliss-reactive ketones (excluding diaryl/α,β-unsaturated/α-hetero) is 1. The van der Waals surface area contributed by atoms with E-state index in [0.29, 0.717) is 40.5 Å². The van der Waals surface area contributed by atoms with Crippen molar-refractivity contribution in [1.82, 2.24) is 14.9 Å². The molecule has 2 aliphatic heterocycles. The number of nitrogens with one attached hydrogen (secondary N) is 1. The number of nitrogens with zero attached hydrogens (tertiary/aromatic N) is 3. The average molecular weight is 563 g/mol. The van der Waals surface area contributed by atoms with Crippen molar-refractivity contribution in [3.05, 3.63) is 83.7 Å². The minimum Gasteiger partial charge on any atom is -0.455 e. The van der Waals surface area contributed by atoms with E-state index < -0.39 is 0 Å². The monoisotopic (exact) mass is 562 g/mol. The Morgan fingerprint density at radius 2 is 1.86 bits per heavy atom. The number of ether oxygens (including phenoxy) is 1. The third-order valence-electron chi connectivity index (χ3n) is 10.2. The molecule has 0 radical (unpaired) electrons. The van der Waals surface area contributed by atoms with Gasteiger partial charge in [-0.25, -0.2) is 4.98 Å². The quantitative estimate of drug-likeness (QED) is 0.230. The highest BCUT2D eigenvalue weighted by Crippen LogP contribution is 2.54. The Balaban J connectivity index is 1.02. The molecular weight excluding hydrogens is 520 g/mol. The molecule has 4 aromatic rings. The number of likely N-dealkylation sites (tertiary alicyclic amines) is 1. The number of fused-ring (bicyclic) bond motifs is 1. The van der Waals surface area contributed by atoms with Crippen LogP contribution in [0.5, 0.6) is 11.5 Å². The summed E-state index contributed by atoms with van der Waals surface area (Å²) >= 11 is 0. The number of H-pyrrole nitrogens is 1. The van der Waals surface area contributed by atoms with Gasteiger partial charge in [-0.15, -0.1) is 0 Å². The summed E-state index contributed by atoms with van der Waals surface area (Å²) in [5, 5.41) is 0.984. The van der Waals surface area contributed by atoms with E-state index in [1.54, 1.807) is 18.7 Å². The zero-order valence-electron chi connectivity index (χ0n) is 25.1. The summed E-state index contributed by atoms with van der Waals surface area (Å²) in [7, 11) is 0. The summed E-state index contributed by atoms with van der Waals surface area (Å²) < 4.78 is 6.26. The molecule has 1 aliphatic carbocycles. The van der Waals surface area contributed by atoms with E-state index in [1.807, 2.05) is 30.5 Å². The van der Waals surface area contributed by atoms with Crippen LogP contribution < -0.4 is 9.64 Å². The molecule has 218 valence electrons. The second kappa shape index (κ2) is 10.9. The van der Waals surface area contributed by atoms with E-state index in [2.05, 4.69) is 63.9 Å². The first-order valence-electron chi connectivity index (χ1n) is 15.7. The van der Waals surface area contributed by atoms with Crippen LogP contribution in [0, 0.1) is 5.41 Å². The fourth-order valence-corrected chi connectivity index (χ4v) is 7.91. The highest BCUT2D eigenvalue weighted by atomic mass is 16.5. The number of hydrogen-bond acceptors (Lipinski definition) is 5. The van der Waals surface area contributed by atoms with Crippen LogP contribution in [0.15, 0.2) is 67.0 Å². The van der Waals surface area contributed by atoms with E-state index >= 15 is 0 Å². The van der Waals surface area contributed by atoms with Gasteiger partial charge in [-0.05, 0) is 98.7 Å². The van der Waals surface area contributed by atoms with E-state index in [-0.39, 0.29) is 5.78 Å². The van der Waals surface area contributed by atoms with Crippen LogP contribution in [0.3, 0.4) is 0 Å². The van der Waals surface area contributed by atoms with Crippen molar-refractivity contribution in [2.45, 2.75) is 77.3 Å². The van der Waals surface area contributed by atoms with Crippen LogP contribution in [-0.4, -0.2) is 46.3 Å². The lowest BCUT2D eigenvalue weighted by Crippen LogP contribution is -2.54. The number of pyridine rings is 1. The van der Waals surface area contributed by atoms with E-state index in [0.717, 1.165) is 29.8 Å². The fraction of sp³-hybridized carbons (Fsp3) is 0.444. The molecular formula is C36H42N4O2. The molecule has 3 fully saturated rings. The van der Waals surface area contributed by atoms with Gasteiger partial charge < -0.3 is 14.6 Å². The molecule has 3 aliphatic rings. The van der Waals surface area contributed by atoms with Crippen LogP contribution in [0.4, 0.5) is 5.69 Å². The topological polar surface area (TPSA) is 61.5 Å². The van der Waals surface area contributed by atoms with Crippen molar-refractivity contribution in [2.75, 3.05) is 24.5 Å². The molecule has 0 amide bonds. The Kier molecular flexibility index (Phi) is 7.05. The maximum absolute atomic E-state index is 12.4. The predicted octanol–water partition coefficient (Wildman–Crippen LogP) is 8.27. The molecule has 2 aromatic heterocycles. The maximum Gasteiger partial charge on any atom is 0.163 e. The number of carbonyl (C=O) groups excluding carboxylic acids is 1. The standard InChI is InChI=1S/C36H42N4O2/c1-24(2)30-7-4-5-8-32(30)33-9-6-16-40(33)28-21-36(22-28)13-17-39(18-14-36)27-10-11-31(25(3)41)34(20-27)42-29-19-26-12-15-37-35(26)38-23-29/h4-5,7-8,10-12,15,19-20,23-24,28,33H,6,9,13-14,16-18,21-22H2,1-3H3,(H,37,38)/t33-/m0/s1. The molecule has 0 unspecified atom stereocenters. The van der Waals surface area contributed by atoms with Crippen molar-refractivity contribution < 1.29 is 9.53 Å². The van der Waals surface area contributed by atoms with Crippen molar-refractivity contribution in [1.29, 1.82) is 0 Å². The number of carbonyl (C=O) groups is 1. The zero-order valence-corrected chi connectivity index (χ0v) is 25.1. The summed E-state index contributed by atoms with van der Waals surface area (Å²) in [4.78, 5) is 25.3. The van der Waals surface area contributed by atoms with Gasteiger partial charge in [0.1, 0.15) is 17.1 Å². The predicted molar refractivity (Wildman–Crippen MR) is 169 cm³/mol. The maximum atomic E-state index is 12.4. The molecule has 6 nitrogen and oxygen atoms in total. The van der Waals surface area contributed by atoms with Gasteiger partial charge in [0, 0.05) is 48.5 Å². The molecule has 6 heteroatoms. The average Bonchev–Trinajstić information content (AvgIpc) is 3.65. The summed E-state index contributed by atoms with van der Waals surface area (Å²) in [6.07, 6.45) is 11.3. The lowest BCUT2D eigenvalue weighted by Gasteiger charge is -2.56. The smallest absolute Gasteiger partial charge is 0.163 e. The van der Waals surface area contributed by atoms with E-state index in [9.17, 15) is 4.79 Å². The highest BCUT2D eigenvalue weighted by Gasteiger charge is 2.50. The SMILES string of the molecule is CC(=O)c1ccc(N2CCC3(CC2)CC(N2CCC[C@H]2c2ccccc2C(C)C)C3)cc1Oc1cnc2[nH]ccc2c1. The second-order valence-electron chi connectivity index (χ2n) is 13.2. The van der Waals surface area contributed by atoms with Crippen molar-refractivity contribution in [3.63, 3.8) is 0 Å². The van der Waals surface area contributed by atoms with Crippen LogP contribution in [-0.2, 0) is 0 Å². The third-order valence-corrected chi connectivity index (χ3v) is 10.2. The second-order valence-corrected chi connectivity index (χ2v) is 13.2. The van der Waals surface area contributed by atoms with Crippen LogP contribution in [0.1, 0.15) is 92.7 Å². The van der Waals surface area contributed by atoms with Crippen LogP contribution in [0.2, 0.25) is 0 Å². The summed E-state index contributed by atoms with van der Waals surface area (Å²) in [6.45, 7) is 9.57. The highest BCUT2D eigenvalue weighted by molar-refractivity contribution is 5.97. The minimum absolute atomic E-state index is 0.00146. The molecule has 7 rings (SSSR count). The normalized spacial score (nSPS) is 20.9. The first kappa shape index (κ1) is 27.2. The number of ketones is 1. The Morgan fingerprint density at radius 3 is 2.64 bits per heavy atom. The molecule has 1 atom stereocenters. The number of piperidine rings is 1. The van der Waals surface area contributed by atoms with Crippen LogP contribution >= 0.6 is 0 Å². The van der Waals surface area contributed by atoms with E-state index in [1.165, 1.54) is 50.6 Å². The summed E-state index contributed by atoms with van der Waals surface area (Å²) in [5.41, 5.74) is 6.11. The fourth-order valence-electron chi connectivity index (χ4n) is 7.91. The summed E-state index contributed by atoms with van der Waals surface area (Å²) in [6, 6.07) is 20.4. The number of aromatic nitrogens is 2. The Bertz CT molecular complexity index is 1590. The lowest BCUT2D eigenvalue weighted by atomic mass is 9.59. The van der Waals surface area contributed by atoms with Gasteiger partial charge in [-0.3, -0.25) is 9.69 Å². The third kappa shape index (κ3) is 5.00. The number of rotatable bonds is 7. The van der Waals surface area contributed by atoms with Crippen molar-refractivity contribution in [2.24, 2.45) is 5.41 Å². The molecule has 1 N–H and O–H groups in total. The van der Waals surface area contributed by atoms with Gasteiger partial charge in [0.2, 0.25) is 0 Å². The van der Waals surface area contributed by atoms with Crippen molar-refractivity contribution >= 4 is 22.5 Å². The lowest BCUT2D eigenvalue weighted by molar-refractivity contribution is -0.0227. The van der Waals surface area contributed by atoms with Gasteiger partial charge >= 0.3 is 0 Å². The first-order chi connectivity index (χ1) is 20.4. The van der Waals surface area contributed by atoms with Crippen LogP contribution in [0.25, 0.3) is 11.0 Å². The minimum atomic E-state index is 0.00146. The van der Waals surface area contributed by atoms with Gasteiger partial charge in [-0.1, -0.05) is 38.1 Å². The number of hydrogen-bond donors (Lipinski definition) is 1. The Morgan fingerprint density at radius 1 is 1.05 bits per heavy atom. The summed E-state index contributed by atoms with van der Waals surface area (Å²) in [5.74, 6) is 1.80. The molecule has 1 spiro atoms. The van der Waals surface area contributed by atoms with Gasteiger partial charge in [-0.2, -0.15) is 0 Å². The Labute approximate surface area is 249 Å². The first-order valence-corrected chi connectivity index (χ1v) is 15.7. The number of aromatic amines is 1. The van der Waals surface area contributed by atoms with Gasteiger partial charge in [0.05, 0.1) is 11.8 Å². The Hall–Kier alpha value is -3.64. The van der Waals surface area contributed by atoms with Gasteiger partial charge in [0.25, 0.3) is 0 Å². The molecule has 4 heterocycles. The molecule has 42 heavy (non-hydrogen) atoms. The number of anilines is 1.